The molecule has 0 aromatic carbocycles. The van der Waals surface area contributed by atoms with Crippen LogP contribution in [0.25, 0.3) is 0 Å². The Morgan fingerprint density at radius 1 is 1.53 bits per heavy atom. The quantitative estimate of drug-likeness (QED) is 0.696. The Balaban J connectivity index is 2.36. The molecule has 86 valence electrons. The summed E-state index contributed by atoms with van der Waals surface area (Å²) in [7, 11) is 0. The van der Waals surface area contributed by atoms with Gasteiger partial charge in [0.05, 0.1) is 0 Å². The topological polar surface area (TPSA) is 66.4 Å². The van der Waals surface area contributed by atoms with Crippen molar-refractivity contribution in [1.29, 1.82) is 0 Å². The van der Waals surface area contributed by atoms with Crippen molar-refractivity contribution in [2.24, 2.45) is 5.92 Å². The van der Waals surface area contributed by atoms with Crippen LogP contribution in [0.15, 0.2) is 0 Å². The van der Waals surface area contributed by atoms with E-state index in [2.05, 4.69) is 5.32 Å². The molecule has 0 bridgehead atoms. The highest BCUT2D eigenvalue weighted by Gasteiger charge is 2.36. The van der Waals surface area contributed by atoms with Gasteiger partial charge in [-0.15, -0.1) is 0 Å². The molecule has 0 aromatic rings. The van der Waals surface area contributed by atoms with E-state index in [0.717, 1.165) is 12.8 Å². The van der Waals surface area contributed by atoms with Crippen molar-refractivity contribution in [2.75, 3.05) is 12.8 Å². The van der Waals surface area contributed by atoms with Crippen LogP contribution in [0.3, 0.4) is 0 Å². The van der Waals surface area contributed by atoms with Gasteiger partial charge in [-0.25, -0.2) is 0 Å². The fourth-order valence-electron chi connectivity index (χ4n) is 1.54. The highest BCUT2D eigenvalue weighted by molar-refractivity contribution is 8.00. The molecular weight excluding hydrogens is 214 g/mol. The number of thioether (sulfide) groups is 1. The van der Waals surface area contributed by atoms with Crippen molar-refractivity contribution in [2.45, 2.75) is 30.9 Å². The first-order valence-corrected chi connectivity index (χ1v) is 6.29. The fraction of sp³-hybridized carbons (Fsp3) is 0.800. The van der Waals surface area contributed by atoms with E-state index in [4.69, 9.17) is 5.11 Å². The van der Waals surface area contributed by atoms with E-state index >= 15 is 0 Å². The van der Waals surface area contributed by atoms with Gasteiger partial charge in [-0.2, -0.15) is 11.8 Å². The van der Waals surface area contributed by atoms with Gasteiger partial charge in [-0.05, 0) is 26.0 Å². The van der Waals surface area contributed by atoms with Crippen LogP contribution >= 0.6 is 11.8 Å². The van der Waals surface area contributed by atoms with Gasteiger partial charge in [0.1, 0.15) is 5.92 Å². The summed E-state index contributed by atoms with van der Waals surface area (Å²) in [4.78, 5) is 21.9. The Morgan fingerprint density at radius 2 is 2.13 bits per heavy atom. The summed E-state index contributed by atoms with van der Waals surface area (Å²) >= 11 is 1.76. The van der Waals surface area contributed by atoms with Crippen molar-refractivity contribution in [3.8, 4) is 0 Å². The average Bonchev–Trinajstić information content (AvgIpc) is 2.15. The Morgan fingerprint density at radius 3 is 2.47 bits per heavy atom. The number of rotatable bonds is 5. The minimum Gasteiger partial charge on any atom is -0.481 e. The smallest absolute Gasteiger partial charge is 0.315 e. The second-order valence-corrected chi connectivity index (χ2v) is 5.29. The minimum atomic E-state index is -1.07. The lowest BCUT2D eigenvalue weighted by Crippen LogP contribution is -2.47. The van der Waals surface area contributed by atoms with Crippen molar-refractivity contribution < 1.29 is 14.7 Å². The third kappa shape index (κ3) is 2.87. The second-order valence-electron chi connectivity index (χ2n) is 4.02. The van der Waals surface area contributed by atoms with E-state index in [9.17, 15) is 9.59 Å². The van der Waals surface area contributed by atoms with Crippen LogP contribution in [-0.2, 0) is 9.59 Å². The van der Waals surface area contributed by atoms with E-state index in [1.54, 1.807) is 11.8 Å². The summed E-state index contributed by atoms with van der Waals surface area (Å²) in [5.74, 6) is -2.41. The maximum atomic E-state index is 11.4. The zero-order valence-electron chi connectivity index (χ0n) is 9.08. The number of nitrogens with one attached hydrogen (secondary N) is 1. The molecule has 0 radical (unpaired) electrons. The van der Waals surface area contributed by atoms with Gasteiger partial charge in [-0.3, -0.25) is 9.59 Å². The zero-order chi connectivity index (χ0) is 11.5. The van der Waals surface area contributed by atoms with Gasteiger partial charge < -0.3 is 10.4 Å². The number of carboxylic acids is 1. The third-order valence-corrected chi connectivity index (χ3v) is 4.46. The molecule has 1 saturated carbocycles. The summed E-state index contributed by atoms with van der Waals surface area (Å²) in [6, 6.07) is 0. The normalized spacial score (nSPS) is 20.1. The average molecular weight is 231 g/mol. The molecule has 0 saturated heterocycles. The van der Waals surface area contributed by atoms with Gasteiger partial charge in [0, 0.05) is 11.3 Å². The Labute approximate surface area is 93.8 Å². The van der Waals surface area contributed by atoms with E-state index in [1.165, 1.54) is 13.3 Å². The van der Waals surface area contributed by atoms with Gasteiger partial charge in [-0.1, -0.05) is 6.42 Å². The van der Waals surface area contributed by atoms with Gasteiger partial charge in [0.2, 0.25) is 5.91 Å². The summed E-state index contributed by atoms with van der Waals surface area (Å²) in [6.07, 6.45) is 5.45. The van der Waals surface area contributed by atoms with E-state index < -0.39 is 11.9 Å². The van der Waals surface area contributed by atoms with Gasteiger partial charge in [0.25, 0.3) is 0 Å². The fourth-order valence-corrected chi connectivity index (χ4v) is 2.45. The maximum Gasteiger partial charge on any atom is 0.315 e. The van der Waals surface area contributed by atoms with Crippen LogP contribution in [0, 0.1) is 5.92 Å². The number of carboxylic acid groups (broad SMARTS) is 1. The number of hydrogen-bond acceptors (Lipinski definition) is 3. The molecule has 1 amide bonds. The molecule has 1 aliphatic carbocycles. The minimum absolute atomic E-state index is 0.161. The van der Waals surface area contributed by atoms with Crippen molar-refractivity contribution in [3.63, 3.8) is 0 Å². The summed E-state index contributed by atoms with van der Waals surface area (Å²) in [5, 5.41) is 11.4. The molecule has 15 heavy (non-hydrogen) atoms. The standard InChI is InChI=1S/C10H17NO3S/c1-7(9(13)14)8(12)11-6-10(15-2)4-3-5-10/h7H,3-6H2,1-2H3,(H,11,12)(H,13,14). The number of amides is 1. The van der Waals surface area contributed by atoms with Crippen molar-refractivity contribution >= 4 is 23.6 Å². The summed E-state index contributed by atoms with van der Waals surface area (Å²) in [5.41, 5.74) is 0. The number of carbonyl (C=O) groups excluding carboxylic acids is 1. The van der Waals surface area contributed by atoms with Crippen LogP contribution in [-0.4, -0.2) is 34.5 Å². The number of aliphatic carboxylic acids is 1. The van der Waals surface area contributed by atoms with E-state index in [0.29, 0.717) is 6.54 Å². The van der Waals surface area contributed by atoms with Crippen LogP contribution in [0.5, 0.6) is 0 Å². The molecule has 1 unspecified atom stereocenters. The molecule has 0 spiro atoms. The van der Waals surface area contributed by atoms with Crippen LogP contribution in [0.2, 0.25) is 0 Å². The zero-order valence-corrected chi connectivity index (χ0v) is 9.89. The van der Waals surface area contributed by atoms with E-state index in [-0.39, 0.29) is 10.7 Å². The first-order valence-electron chi connectivity index (χ1n) is 5.06. The Hall–Kier alpha value is -0.710. The highest BCUT2D eigenvalue weighted by Crippen LogP contribution is 2.42. The molecule has 4 nitrogen and oxygen atoms in total. The maximum absolute atomic E-state index is 11.4. The lowest BCUT2D eigenvalue weighted by Gasteiger charge is -2.40. The predicted molar refractivity (Wildman–Crippen MR) is 59.9 cm³/mol. The lowest BCUT2D eigenvalue weighted by atomic mass is 9.84. The largest absolute Gasteiger partial charge is 0.481 e. The molecule has 1 atom stereocenters. The van der Waals surface area contributed by atoms with Crippen LogP contribution in [0.1, 0.15) is 26.2 Å². The third-order valence-electron chi connectivity index (χ3n) is 3.05. The molecule has 1 rings (SSSR count). The lowest BCUT2D eigenvalue weighted by molar-refractivity contribution is -0.146. The second kappa shape index (κ2) is 4.88. The summed E-state index contributed by atoms with van der Waals surface area (Å²) < 4.78 is 0.161. The Kier molecular flexibility index (Phi) is 4.02. The van der Waals surface area contributed by atoms with Gasteiger partial charge >= 0.3 is 5.97 Å². The molecular formula is C10H17NO3S. The van der Waals surface area contributed by atoms with Crippen molar-refractivity contribution in [1.82, 2.24) is 5.32 Å². The molecule has 0 aromatic heterocycles. The van der Waals surface area contributed by atoms with E-state index in [1.807, 2.05) is 6.26 Å². The molecule has 5 heteroatoms. The monoisotopic (exact) mass is 231 g/mol. The molecule has 1 fully saturated rings. The van der Waals surface area contributed by atoms with Crippen LogP contribution < -0.4 is 5.32 Å². The number of hydrogen-bond donors (Lipinski definition) is 2. The molecule has 0 heterocycles. The predicted octanol–water partition coefficient (Wildman–Crippen LogP) is 1.11. The highest BCUT2D eigenvalue weighted by atomic mass is 32.2. The molecule has 2 N–H and O–H groups in total. The van der Waals surface area contributed by atoms with Crippen molar-refractivity contribution in [3.05, 3.63) is 0 Å². The first-order chi connectivity index (χ1) is 7.01. The Bertz CT molecular complexity index is 258. The van der Waals surface area contributed by atoms with Gasteiger partial charge in [0.15, 0.2) is 0 Å². The van der Waals surface area contributed by atoms with Crippen LogP contribution in [0.4, 0.5) is 0 Å². The first kappa shape index (κ1) is 12.4. The SMILES string of the molecule is CSC1(CNC(=O)C(C)C(=O)O)CCC1. The molecule has 0 aliphatic heterocycles. The summed E-state index contributed by atoms with van der Waals surface area (Å²) in [6.45, 7) is 1.99. The molecule has 1 aliphatic rings. The number of carbonyl (C=O) groups is 2.